The Labute approximate surface area is 109 Å². The van der Waals surface area contributed by atoms with Gasteiger partial charge in [-0.2, -0.15) is 0 Å². The number of hydrogen-bond acceptors (Lipinski definition) is 4. The number of carbonyl (C=O) groups excluding carboxylic acids is 1. The Morgan fingerprint density at radius 3 is 3.00 bits per heavy atom. The second-order valence-electron chi connectivity index (χ2n) is 5.60. The number of primary amides is 1. The van der Waals surface area contributed by atoms with Crippen molar-refractivity contribution >= 4 is 5.91 Å². The van der Waals surface area contributed by atoms with Crippen LogP contribution in [0.25, 0.3) is 0 Å². The smallest absolute Gasteiger partial charge is 0.238 e. The van der Waals surface area contributed by atoms with Crippen molar-refractivity contribution in [2.45, 2.75) is 50.8 Å². The molecule has 0 spiro atoms. The highest BCUT2D eigenvalue weighted by molar-refractivity contribution is 5.84. The van der Waals surface area contributed by atoms with Gasteiger partial charge in [-0.1, -0.05) is 6.92 Å². The lowest BCUT2D eigenvalue weighted by Crippen LogP contribution is -2.63. The number of hydrogen-bond donors (Lipinski definition) is 2. The van der Waals surface area contributed by atoms with Gasteiger partial charge in [0.25, 0.3) is 0 Å². The predicted octanol–water partition coefficient (Wildman–Crippen LogP) is 0.0932. The van der Waals surface area contributed by atoms with Crippen molar-refractivity contribution in [1.82, 2.24) is 10.2 Å². The van der Waals surface area contributed by atoms with E-state index in [-0.39, 0.29) is 5.91 Å². The molecule has 3 unspecified atom stereocenters. The molecule has 1 aliphatic heterocycles. The van der Waals surface area contributed by atoms with Crippen molar-refractivity contribution < 1.29 is 9.53 Å². The third-order valence-corrected chi connectivity index (χ3v) is 4.23. The number of carbonyl (C=O) groups is 1. The van der Waals surface area contributed by atoms with Crippen LogP contribution in [0.4, 0.5) is 0 Å². The van der Waals surface area contributed by atoms with Gasteiger partial charge in [-0.3, -0.25) is 9.69 Å². The van der Waals surface area contributed by atoms with Gasteiger partial charge in [-0.05, 0) is 32.7 Å². The molecule has 5 heteroatoms. The second kappa shape index (κ2) is 5.55. The Morgan fingerprint density at radius 1 is 1.56 bits per heavy atom. The summed E-state index contributed by atoms with van der Waals surface area (Å²) in [4.78, 5) is 14.1. The summed E-state index contributed by atoms with van der Waals surface area (Å²) >= 11 is 0. The van der Waals surface area contributed by atoms with Crippen molar-refractivity contribution in [1.29, 1.82) is 0 Å². The van der Waals surface area contributed by atoms with Crippen molar-refractivity contribution in [2.24, 2.45) is 5.73 Å². The Kier molecular flexibility index (Phi) is 4.25. The first kappa shape index (κ1) is 13.8. The molecule has 0 aromatic heterocycles. The lowest BCUT2D eigenvalue weighted by molar-refractivity contribution is -0.126. The summed E-state index contributed by atoms with van der Waals surface area (Å²) in [6.45, 7) is 6.99. The molecule has 5 nitrogen and oxygen atoms in total. The van der Waals surface area contributed by atoms with Gasteiger partial charge in [0.05, 0.1) is 12.7 Å². The SMILES string of the molecule is CCNC(C)(CN1CCOC2CCCC21)C(N)=O. The standard InChI is InChI=1S/C13H25N3O2/c1-3-15-13(2,12(14)17)9-16-7-8-18-11-6-4-5-10(11)16/h10-11,15H,3-9H2,1-2H3,(H2,14,17). The second-order valence-corrected chi connectivity index (χ2v) is 5.60. The van der Waals surface area contributed by atoms with Crippen LogP contribution in [0.15, 0.2) is 0 Å². The number of fused-ring (bicyclic) bond motifs is 1. The van der Waals surface area contributed by atoms with E-state index in [4.69, 9.17) is 10.5 Å². The number of morpholine rings is 1. The molecular weight excluding hydrogens is 230 g/mol. The third-order valence-electron chi connectivity index (χ3n) is 4.23. The average Bonchev–Trinajstić information content (AvgIpc) is 2.78. The van der Waals surface area contributed by atoms with E-state index in [0.29, 0.717) is 18.7 Å². The Balaban J connectivity index is 2.04. The van der Waals surface area contributed by atoms with Crippen LogP contribution in [0.1, 0.15) is 33.1 Å². The summed E-state index contributed by atoms with van der Waals surface area (Å²) in [5.74, 6) is -0.273. The zero-order valence-electron chi connectivity index (χ0n) is 11.4. The predicted molar refractivity (Wildman–Crippen MR) is 70.2 cm³/mol. The van der Waals surface area contributed by atoms with Crippen LogP contribution >= 0.6 is 0 Å². The zero-order chi connectivity index (χ0) is 13.2. The van der Waals surface area contributed by atoms with E-state index in [9.17, 15) is 4.79 Å². The molecule has 1 saturated carbocycles. The first-order valence-corrected chi connectivity index (χ1v) is 6.97. The summed E-state index contributed by atoms with van der Waals surface area (Å²) in [6, 6.07) is 0.469. The highest BCUT2D eigenvalue weighted by Crippen LogP contribution is 2.30. The van der Waals surface area contributed by atoms with E-state index >= 15 is 0 Å². The lowest BCUT2D eigenvalue weighted by atomic mass is 9.98. The maximum Gasteiger partial charge on any atom is 0.238 e. The van der Waals surface area contributed by atoms with Gasteiger partial charge in [-0.25, -0.2) is 0 Å². The normalized spacial score (nSPS) is 31.9. The van der Waals surface area contributed by atoms with E-state index in [1.165, 1.54) is 12.8 Å². The molecule has 104 valence electrons. The minimum absolute atomic E-state index is 0.273. The molecule has 18 heavy (non-hydrogen) atoms. The number of nitrogens with zero attached hydrogens (tertiary/aromatic N) is 1. The highest BCUT2D eigenvalue weighted by atomic mass is 16.5. The Hall–Kier alpha value is -0.650. The van der Waals surface area contributed by atoms with Crippen LogP contribution in [-0.2, 0) is 9.53 Å². The van der Waals surface area contributed by atoms with Crippen molar-refractivity contribution in [3.05, 3.63) is 0 Å². The van der Waals surface area contributed by atoms with Gasteiger partial charge in [0.1, 0.15) is 5.54 Å². The van der Waals surface area contributed by atoms with Gasteiger partial charge in [0, 0.05) is 19.1 Å². The van der Waals surface area contributed by atoms with Gasteiger partial charge >= 0.3 is 0 Å². The number of likely N-dealkylation sites (N-methyl/N-ethyl adjacent to an activating group) is 1. The average molecular weight is 255 g/mol. The molecule has 0 aromatic carbocycles. The largest absolute Gasteiger partial charge is 0.375 e. The fourth-order valence-corrected chi connectivity index (χ4v) is 3.22. The molecule has 2 fully saturated rings. The minimum atomic E-state index is -0.640. The summed E-state index contributed by atoms with van der Waals surface area (Å²) in [5.41, 5.74) is 4.91. The number of rotatable bonds is 5. The lowest BCUT2D eigenvalue weighted by Gasteiger charge is -2.42. The molecule has 0 radical (unpaired) electrons. The minimum Gasteiger partial charge on any atom is -0.375 e. The molecule has 1 saturated heterocycles. The quantitative estimate of drug-likeness (QED) is 0.731. The van der Waals surface area contributed by atoms with Gasteiger partial charge in [0.2, 0.25) is 5.91 Å². The monoisotopic (exact) mass is 255 g/mol. The molecule has 1 aliphatic carbocycles. The van der Waals surface area contributed by atoms with E-state index in [1.807, 2.05) is 13.8 Å². The third kappa shape index (κ3) is 2.68. The van der Waals surface area contributed by atoms with Crippen LogP contribution in [0.2, 0.25) is 0 Å². The van der Waals surface area contributed by atoms with Crippen molar-refractivity contribution in [3.63, 3.8) is 0 Å². The molecule has 2 rings (SSSR count). The Bertz CT molecular complexity index is 311. The molecule has 3 N–H and O–H groups in total. The summed E-state index contributed by atoms with van der Waals surface area (Å²) in [6.07, 6.45) is 3.90. The van der Waals surface area contributed by atoms with Crippen molar-refractivity contribution in [3.8, 4) is 0 Å². The summed E-state index contributed by atoms with van der Waals surface area (Å²) in [7, 11) is 0. The molecule has 0 aromatic rings. The number of amides is 1. The Morgan fingerprint density at radius 2 is 2.33 bits per heavy atom. The fourth-order valence-electron chi connectivity index (χ4n) is 3.22. The van der Waals surface area contributed by atoms with E-state index in [1.54, 1.807) is 0 Å². The molecule has 0 bridgehead atoms. The first-order valence-electron chi connectivity index (χ1n) is 6.97. The van der Waals surface area contributed by atoms with E-state index in [0.717, 1.165) is 26.1 Å². The molecule has 3 atom stereocenters. The summed E-state index contributed by atoms with van der Waals surface area (Å²) in [5, 5.41) is 3.23. The number of nitrogens with one attached hydrogen (secondary N) is 1. The molecular formula is C13H25N3O2. The zero-order valence-corrected chi connectivity index (χ0v) is 11.4. The first-order chi connectivity index (χ1) is 8.57. The highest BCUT2D eigenvalue weighted by Gasteiger charge is 2.40. The van der Waals surface area contributed by atoms with Crippen molar-refractivity contribution in [2.75, 3.05) is 26.2 Å². The van der Waals surface area contributed by atoms with Gasteiger partial charge in [-0.15, -0.1) is 0 Å². The molecule has 2 aliphatic rings. The van der Waals surface area contributed by atoms with Crippen LogP contribution in [0, 0.1) is 0 Å². The summed E-state index contributed by atoms with van der Waals surface area (Å²) < 4.78 is 5.79. The van der Waals surface area contributed by atoms with Crippen LogP contribution in [0.5, 0.6) is 0 Å². The maximum absolute atomic E-state index is 11.7. The van der Waals surface area contributed by atoms with Gasteiger partial charge < -0.3 is 15.8 Å². The molecule has 1 amide bonds. The fraction of sp³-hybridized carbons (Fsp3) is 0.923. The maximum atomic E-state index is 11.7. The topological polar surface area (TPSA) is 67.6 Å². The number of ether oxygens (including phenoxy) is 1. The van der Waals surface area contributed by atoms with E-state index in [2.05, 4.69) is 10.2 Å². The van der Waals surface area contributed by atoms with E-state index < -0.39 is 5.54 Å². The van der Waals surface area contributed by atoms with Crippen LogP contribution in [0.3, 0.4) is 0 Å². The molecule has 1 heterocycles. The number of nitrogens with two attached hydrogens (primary N) is 1. The van der Waals surface area contributed by atoms with Crippen LogP contribution in [-0.4, -0.2) is 54.7 Å². The van der Waals surface area contributed by atoms with Gasteiger partial charge in [0.15, 0.2) is 0 Å². The van der Waals surface area contributed by atoms with Crippen LogP contribution < -0.4 is 11.1 Å².